The minimum atomic E-state index is -3.58. The van der Waals surface area contributed by atoms with Gasteiger partial charge in [-0.1, -0.05) is 11.6 Å². The molecule has 0 saturated carbocycles. The molecule has 0 aliphatic carbocycles. The van der Waals surface area contributed by atoms with Crippen LogP contribution in [-0.2, 0) is 9.84 Å². The van der Waals surface area contributed by atoms with E-state index in [0.717, 1.165) is 5.56 Å². The third-order valence-electron chi connectivity index (χ3n) is 3.28. The number of benzene rings is 2. The fraction of sp³-hybridized carbons (Fsp3) is 0.0667. The van der Waals surface area contributed by atoms with Crippen molar-refractivity contribution in [2.75, 3.05) is 5.32 Å². The van der Waals surface area contributed by atoms with E-state index in [4.69, 9.17) is 11.6 Å². The molecule has 0 aliphatic rings. The Kier molecular flexibility index (Phi) is 4.06. The molecular formula is C15H13ClN4O2S. The molecule has 0 unspecified atom stereocenters. The molecule has 6 nitrogen and oxygen atoms in total. The lowest BCUT2D eigenvalue weighted by molar-refractivity contribution is 0.596. The summed E-state index contributed by atoms with van der Waals surface area (Å²) in [6, 6.07) is 11.1. The SMILES string of the molecule is Cc1cc(S(=O)(=O)c2ccc(Nc3ncn[nH]3)cc2)ccc1Cl. The van der Waals surface area contributed by atoms with Crippen molar-refractivity contribution in [1.29, 1.82) is 0 Å². The van der Waals surface area contributed by atoms with Crippen molar-refractivity contribution in [2.24, 2.45) is 0 Å². The van der Waals surface area contributed by atoms with E-state index in [2.05, 4.69) is 20.5 Å². The average Bonchev–Trinajstić information content (AvgIpc) is 3.03. The fourth-order valence-electron chi connectivity index (χ4n) is 2.04. The number of halogens is 1. The zero-order valence-electron chi connectivity index (χ0n) is 12.1. The predicted octanol–water partition coefficient (Wildman–Crippen LogP) is 3.34. The van der Waals surface area contributed by atoms with Crippen molar-refractivity contribution in [2.45, 2.75) is 16.7 Å². The number of aromatic nitrogens is 3. The first kappa shape index (κ1) is 15.5. The Bertz CT molecular complexity index is 923. The number of aryl methyl sites for hydroxylation is 1. The number of nitrogens with one attached hydrogen (secondary N) is 2. The Morgan fingerprint density at radius 1 is 1.09 bits per heavy atom. The molecular weight excluding hydrogens is 336 g/mol. The van der Waals surface area contributed by atoms with E-state index in [-0.39, 0.29) is 9.79 Å². The number of rotatable bonds is 4. The van der Waals surface area contributed by atoms with E-state index in [1.165, 1.54) is 24.5 Å². The Morgan fingerprint density at radius 3 is 2.39 bits per heavy atom. The molecule has 2 aromatic carbocycles. The first-order valence-electron chi connectivity index (χ1n) is 6.70. The van der Waals surface area contributed by atoms with Crippen LogP contribution in [0.5, 0.6) is 0 Å². The standard InChI is InChI=1S/C15H13ClN4O2S/c1-10-8-13(6-7-14(10)16)23(21,22)12-4-2-11(3-5-12)19-15-17-9-18-20-15/h2-9H,1H3,(H2,17,18,19,20). The van der Waals surface area contributed by atoms with Gasteiger partial charge >= 0.3 is 0 Å². The summed E-state index contributed by atoms with van der Waals surface area (Å²) in [6.45, 7) is 1.77. The molecule has 1 aromatic heterocycles. The van der Waals surface area contributed by atoms with Crippen LogP contribution >= 0.6 is 11.6 Å². The van der Waals surface area contributed by atoms with Gasteiger partial charge < -0.3 is 5.32 Å². The van der Waals surface area contributed by atoms with Gasteiger partial charge in [-0.3, -0.25) is 0 Å². The second kappa shape index (κ2) is 6.02. The van der Waals surface area contributed by atoms with Crippen LogP contribution < -0.4 is 5.32 Å². The normalized spacial score (nSPS) is 11.4. The highest BCUT2D eigenvalue weighted by Crippen LogP contribution is 2.26. The molecule has 0 amide bonds. The summed E-state index contributed by atoms with van der Waals surface area (Å²) in [5, 5.41) is 9.90. The first-order chi connectivity index (χ1) is 11.0. The maximum atomic E-state index is 12.6. The minimum Gasteiger partial charge on any atom is -0.325 e. The van der Waals surface area contributed by atoms with Gasteiger partial charge in [0, 0.05) is 10.7 Å². The molecule has 0 saturated heterocycles. The molecule has 1 heterocycles. The van der Waals surface area contributed by atoms with Crippen molar-refractivity contribution >= 4 is 33.1 Å². The predicted molar refractivity (Wildman–Crippen MR) is 87.7 cm³/mol. The van der Waals surface area contributed by atoms with Gasteiger partial charge in [-0.2, -0.15) is 10.1 Å². The molecule has 118 valence electrons. The van der Waals surface area contributed by atoms with Crippen molar-refractivity contribution in [3.05, 3.63) is 59.4 Å². The van der Waals surface area contributed by atoms with Gasteiger partial charge in [0.25, 0.3) is 0 Å². The van der Waals surface area contributed by atoms with Gasteiger partial charge in [0.2, 0.25) is 15.8 Å². The number of anilines is 2. The summed E-state index contributed by atoms with van der Waals surface area (Å²) in [5.41, 5.74) is 1.42. The van der Waals surface area contributed by atoms with Crippen molar-refractivity contribution < 1.29 is 8.42 Å². The summed E-state index contributed by atoms with van der Waals surface area (Å²) in [5.74, 6) is 0.480. The molecule has 23 heavy (non-hydrogen) atoms. The second-order valence-electron chi connectivity index (χ2n) is 4.90. The molecule has 3 aromatic rings. The van der Waals surface area contributed by atoms with Crippen LogP contribution in [-0.4, -0.2) is 23.6 Å². The summed E-state index contributed by atoms with van der Waals surface area (Å²) in [7, 11) is -3.58. The summed E-state index contributed by atoms with van der Waals surface area (Å²) in [4.78, 5) is 4.37. The van der Waals surface area contributed by atoms with Crippen molar-refractivity contribution in [3.63, 3.8) is 0 Å². The van der Waals surface area contributed by atoms with Gasteiger partial charge in [-0.05, 0) is 55.0 Å². The van der Waals surface area contributed by atoms with Crippen LogP contribution in [0.4, 0.5) is 11.6 Å². The first-order valence-corrected chi connectivity index (χ1v) is 8.56. The summed E-state index contributed by atoms with van der Waals surface area (Å²) < 4.78 is 25.3. The number of aromatic amines is 1. The number of nitrogens with zero attached hydrogens (tertiary/aromatic N) is 2. The third kappa shape index (κ3) is 3.20. The number of hydrogen-bond donors (Lipinski definition) is 2. The number of H-pyrrole nitrogens is 1. The van der Waals surface area contributed by atoms with Gasteiger partial charge in [0.15, 0.2) is 0 Å². The number of hydrogen-bond acceptors (Lipinski definition) is 5. The van der Waals surface area contributed by atoms with Crippen LogP contribution in [0.15, 0.2) is 58.6 Å². The van der Waals surface area contributed by atoms with Gasteiger partial charge in [-0.15, -0.1) is 0 Å². The fourth-order valence-corrected chi connectivity index (χ4v) is 3.50. The molecule has 0 radical (unpaired) electrons. The summed E-state index contributed by atoms with van der Waals surface area (Å²) in [6.07, 6.45) is 1.38. The lowest BCUT2D eigenvalue weighted by Crippen LogP contribution is -2.02. The molecule has 0 bridgehead atoms. The van der Waals surface area contributed by atoms with Gasteiger partial charge in [0.05, 0.1) is 9.79 Å². The van der Waals surface area contributed by atoms with E-state index in [9.17, 15) is 8.42 Å². The average molecular weight is 349 g/mol. The lowest BCUT2D eigenvalue weighted by atomic mass is 10.2. The Morgan fingerprint density at radius 2 is 1.78 bits per heavy atom. The highest BCUT2D eigenvalue weighted by atomic mass is 35.5. The highest BCUT2D eigenvalue weighted by molar-refractivity contribution is 7.91. The maximum Gasteiger partial charge on any atom is 0.222 e. The van der Waals surface area contributed by atoms with E-state index >= 15 is 0 Å². The Balaban J connectivity index is 1.89. The van der Waals surface area contributed by atoms with Crippen molar-refractivity contribution in [3.8, 4) is 0 Å². The van der Waals surface area contributed by atoms with E-state index in [1.54, 1.807) is 31.2 Å². The Hall–Kier alpha value is -2.38. The van der Waals surface area contributed by atoms with Crippen LogP contribution in [0.2, 0.25) is 5.02 Å². The largest absolute Gasteiger partial charge is 0.325 e. The zero-order chi connectivity index (χ0) is 16.4. The van der Waals surface area contributed by atoms with E-state index in [1.807, 2.05) is 0 Å². The molecule has 8 heteroatoms. The molecule has 0 atom stereocenters. The Labute approximate surface area is 138 Å². The molecule has 0 aliphatic heterocycles. The van der Waals surface area contributed by atoms with Crippen LogP contribution in [0, 0.1) is 6.92 Å². The zero-order valence-corrected chi connectivity index (χ0v) is 13.7. The highest BCUT2D eigenvalue weighted by Gasteiger charge is 2.18. The summed E-state index contributed by atoms with van der Waals surface area (Å²) >= 11 is 5.95. The topological polar surface area (TPSA) is 87.7 Å². The van der Waals surface area contributed by atoms with Crippen LogP contribution in [0.1, 0.15) is 5.56 Å². The second-order valence-corrected chi connectivity index (χ2v) is 7.25. The van der Waals surface area contributed by atoms with Gasteiger partial charge in [0.1, 0.15) is 6.33 Å². The van der Waals surface area contributed by atoms with E-state index in [0.29, 0.717) is 16.7 Å². The van der Waals surface area contributed by atoms with Crippen LogP contribution in [0.3, 0.4) is 0 Å². The maximum absolute atomic E-state index is 12.6. The minimum absolute atomic E-state index is 0.211. The quantitative estimate of drug-likeness (QED) is 0.755. The monoisotopic (exact) mass is 348 g/mol. The lowest BCUT2D eigenvalue weighted by Gasteiger charge is -2.08. The smallest absolute Gasteiger partial charge is 0.222 e. The number of sulfone groups is 1. The molecule has 3 rings (SSSR count). The molecule has 2 N–H and O–H groups in total. The van der Waals surface area contributed by atoms with Gasteiger partial charge in [-0.25, -0.2) is 13.5 Å². The molecule has 0 fully saturated rings. The van der Waals surface area contributed by atoms with E-state index < -0.39 is 9.84 Å². The third-order valence-corrected chi connectivity index (χ3v) is 5.47. The van der Waals surface area contributed by atoms with Crippen molar-refractivity contribution in [1.82, 2.24) is 15.2 Å². The molecule has 0 spiro atoms. The van der Waals surface area contributed by atoms with Crippen LogP contribution in [0.25, 0.3) is 0 Å².